The minimum Gasteiger partial charge on any atom is -0.469 e. The van der Waals surface area contributed by atoms with Crippen molar-refractivity contribution in [2.75, 3.05) is 7.11 Å². The first-order valence-corrected chi connectivity index (χ1v) is 5.24. The highest BCUT2D eigenvalue weighted by Crippen LogP contribution is 2.21. The number of rotatable bonds is 3. The number of benzene rings is 1. The fourth-order valence-electron chi connectivity index (χ4n) is 1.61. The topological polar surface area (TPSA) is 52.6 Å². The van der Waals surface area contributed by atoms with E-state index in [-0.39, 0.29) is 18.4 Å². The fourth-order valence-corrected chi connectivity index (χ4v) is 1.61. The smallest absolute Gasteiger partial charge is 0.338 e. The Labute approximate surface area is 98.8 Å². The van der Waals surface area contributed by atoms with E-state index < -0.39 is 0 Å². The summed E-state index contributed by atoms with van der Waals surface area (Å²) < 4.78 is 9.42. The molecule has 0 spiro atoms. The third-order valence-corrected chi connectivity index (χ3v) is 2.54. The molecule has 4 heteroatoms. The van der Waals surface area contributed by atoms with Crippen molar-refractivity contribution in [1.82, 2.24) is 0 Å². The zero-order chi connectivity index (χ0) is 12.3. The van der Waals surface area contributed by atoms with Gasteiger partial charge in [-0.05, 0) is 11.6 Å². The standard InChI is InChI=1S/C13H12O4/c1-16-12(14)4-2-3-9-5-6-10-8-17-13(15)11(10)7-9/h2-3,5-7H,4,8H2,1H3. The predicted octanol–water partition coefficient (Wildman–Crippen LogP) is 1.93. The first-order chi connectivity index (χ1) is 8.20. The lowest BCUT2D eigenvalue weighted by Crippen LogP contribution is -1.96. The highest BCUT2D eigenvalue weighted by Gasteiger charge is 2.20. The van der Waals surface area contributed by atoms with Crippen LogP contribution in [0, 0.1) is 0 Å². The SMILES string of the molecule is COC(=O)CC=Cc1ccc2c(c1)C(=O)OC2. The molecule has 0 N–H and O–H groups in total. The first-order valence-electron chi connectivity index (χ1n) is 5.24. The monoisotopic (exact) mass is 232 g/mol. The Morgan fingerprint density at radius 2 is 2.35 bits per heavy atom. The molecule has 0 saturated heterocycles. The third-order valence-electron chi connectivity index (χ3n) is 2.54. The molecule has 1 aliphatic rings. The van der Waals surface area contributed by atoms with Gasteiger partial charge < -0.3 is 9.47 Å². The summed E-state index contributed by atoms with van der Waals surface area (Å²) in [5, 5.41) is 0. The summed E-state index contributed by atoms with van der Waals surface area (Å²) in [6.07, 6.45) is 3.70. The van der Waals surface area contributed by atoms with Gasteiger partial charge in [0.15, 0.2) is 0 Å². The Kier molecular flexibility index (Phi) is 3.23. The van der Waals surface area contributed by atoms with Crippen LogP contribution in [-0.4, -0.2) is 19.0 Å². The van der Waals surface area contributed by atoms with Crippen LogP contribution in [0.5, 0.6) is 0 Å². The maximum absolute atomic E-state index is 11.3. The lowest BCUT2D eigenvalue weighted by Gasteiger charge is -1.97. The van der Waals surface area contributed by atoms with Crippen LogP contribution < -0.4 is 0 Å². The molecule has 0 unspecified atom stereocenters. The van der Waals surface area contributed by atoms with Crippen molar-refractivity contribution in [2.45, 2.75) is 13.0 Å². The molecule has 0 fully saturated rings. The Balaban J connectivity index is 2.10. The minimum absolute atomic E-state index is 0.220. The highest BCUT2D eigenvalue weighted by molar-refractivity contribution is 5.94. The zero-order valence-corrected chi connectivity index (χ0v) is 9.43. The average molecular weight is 232 g/mol. The van der Waals surface area contributed by atoms with Crippen LogP contribution >= 0.6 is 0 Å². The summed E-state index contributed by atoms with van der Waals surface area (Å²) in [6.45, 7) is 0.348. The van der Waals surface area contributed by atoms with Crippen LogP contribution in [0.3, 0.4) is 0 Å². The normalized spacial score (nSPS) is 13.6. The van der Waals surface area contributed by atoms with E-state index in [9.17, 15) is 9.59 Å². The molecule has 1 aromatic carbocycles. The van der Waals surface area contributed by atoms with Crippen LogP contribution in [0.1, 0.15) is 27.9 Å². The lowest BCUT2D eigenvalue weighted by atomic mass is 10.1. The Morgan fingerprint density at radius 3 is 3.12 bits per heavy atom. The second-order valence-electron chi connectivity index (χ2n) is 3.68. The van der Waals surface area contributed by atoms with Crippen LogP contribution in [-0.2, 0) is 20.9 Å². The number of esters is 2. The molecule has 0 bridgehead atoms. The van der Waals surface area contributed by atoms with Crippen LogP contribution in [0.15, 0.2) is 24.3 Å². The van der Waals surface area contributed by atoms with E-state index in [1.165, 1.54) is 7.11 Å². The van der Waals surface area contributed by atoms with Crippen molar-refractivity contribution >= 4 is 18.0 Å². The second-order valence-corrected chi connectivity index (χ2v) is 3.68. The van der Waals surface area contributed by atoms with Gasteiger partial charge in [-0.15, -0.1) is 0 Å². The van der Waals surface area contributed by atoms with Crippen molar-refractivity contribution < 1.29 is 19.1 Å². The number of hydrogen-bond acceptors (Lipinski definition) is 4. The summed E-state index contributed by atoms with van der Waals surface area (Å²) >= 11 is 0. The van der Waals surface area contributed by atoms with E-state index in [0.29, 0.717) is 12.2 Å². The van der Waals surface area contributed by atoms with E-state index in [1.807, 2.05) is 12.1 Å². The number of carbonyl (C=O) groups excluding carboxylic acids is 2. The first kappa shape index (κ1) is 11.4. The minimum atomic E-state index is -0.290. The van der Waals surface area contributed by atoms with Crippen LogP contribution in [0.4, 0.5) is 0 Å². The second kappa shape index (κ2) is 4.82. The number of hydrogen-bond donors (Lipinski definition) is 0. The van der Waals surface area contributed by atoms with Crippen molar-refractivity contribution in [3.05, 3.63) is 41.0 Å². The van der Waals surface area contributed by atoms with Gasteiger partial charge in [0.1, 0.15) is 6.61 Å². The largest absolute Gasteiger partial charge is 0.469 e. The third kappa shape index (κ3) is 2.53. The molecule has 0 radical (unpaired) electrons. The molecule has 0 aromatic heterocycles. The molecule has 17 heavy (non-hydrogen) atoms. The Morgan fingerprint density at radius 1 is 1.53 bits per heavy atom. The lowest BCUT2D eigenvalue weighted by molar-refractivity contribution is -0.139. The Bertz CT molecular complexity index is 488. The van der Waals surface area contributed by atoms with E-state index in [4.69, 9.17) is 4.74 Å². The van der Waals surface area contributed by atoms with Crippen molar-refractivity contribution in [3.63, 3.8) is 0 Å². The molecule has 2 rings (SSSR count). The van der Waals surface area contributed by atoms with Crippen molar-refractivity contribution in [3.8, 4) is 0 Å². The van der Waals surface area contributed by atoms with Gasteiger partial charge in [-0.25, -0.2) is 4.79 Å². The summed E-state index contributed by atoms with van der Waals surface area (Å²) in [6, 6.07) is 5.51. The van der Waals surface area contributed by atoms with Crippen LogP contribution in [0.2, 0.25) is 0 Å². The number of cyclic esters (lactones) is 1. The average Bonchev–Trinajstić information content (AvgIpc) is 2.71. The van der Waals surface area contributed by atoms with Gasteiger partial charge in [0, 0.05) is 5.56 Å². The Hall–Kier alpha value is -2.10. The predicted molar refractivity (Wildman–Crippen MR) is 61.2 cm³/mol. The van der Waals surface area contributed by atoms with Gasteiger partial charge in [0.25, 0.3) is 0 Å². The summed E-state index contributed by atoms with van der Waals surface area (Å²) in [5.74, 6) is -0.579. The molecule has 0 atom stereocenters. The van der Waals surface area contributed by atoms with Gasteiger partial charge in [-0.3, -0.25) is 4.79 Å². The summed E-state index contributed by atoms with van der Waals surface area (Å²) in [4.78, 5) is 22.2. The van der Waals surface area contributed by atoms with Gasteiger partial charge in [0.2, 0.25) is 0 Å². The molecule has 1 aliphatic heterocycles. The number of fused-ring (bicyclic) bond motifs is 1. The van der Waals surface area contributed by atoms with Crippen molar-refractivity contribution in [2.24, 2.45) is 0 Å². The van der Waals surface area contributed by atoms with E-state index in [2.05, 4.69) is 4.74 Å². The van der Waals surface area contributed by atoms with E-state index in [0.717, 1.165) is 11.1 Å². The molecule has 88 valence electrons. The maximum atomic E-state index is 11.3. The maximum Gasteiger partial charge on any atom is 0.338 e. The molecular weight excluding hydrogens is 220 g/mol. The van der Waals surface area contributed by atoms with Gasteiger partial charge in [-0.2, -0.15) is 0 Å². The molecule has 4 nitrogen and oxygen atoms in total. The van der Waals surface area contributed by atoms with Gasteiger partial charge in [0.05, 0.1) is 19.1 Å². The highest BCUT2D eigenvalue weighted by atomic mass is 16.5. The molecule has 0 saturated carbocycles. The van der Waals surface area contributed by atoms with E-state index in [1.54, 1.807) is 18.2 Å². The van der Waals surface area contributed by atoms with E-state index >= 15 is 0 Å². The molecule has 0 amide bonds. The van der Waals surface area contributed by atoms with Gasteiger partial charge in [-0.1, -0.05) is 24.3 Å². The quantitative estimate of drug-likeness (QED) is 0.747. The molecular formula is C13H12O4. The number of ether oxygens (including phenoxy) is 2. The van der Waals surface area contributed by atoms with Crippen LogP contribution in [0.25, 0.3) is 6.08 Å². The molecule has 1 heterocycles. The summed E-state index contributed by atoms with van der Waals surface area (Å²) in [7, 11) is 1.35. The van der Waals surface area contributed by atoms with Gasteiger partial charge >= 0.3 is 11.9 Å². The molecule has 0 aliphatic carbocycles. The number of carbonyl (C=O) groups is 2. The van der Waals surface area contributed by atoms with Crippen molar-refractivity contribution in [1.29, 1.82) is 0 Å². The zero-order valence-electron chi connectivity index (χ0n) is 9.43. The summed E-state index contributed by atoms with van der Waals surface area (Å²) in [5.41, 5.74) is 2.37. The molecule has 1 aromatic rings. The fraction of sp³-hybridized carbons (Fsp3) is 0.231. The number of methoxy groups -OCH3 is 1.